The predicted molar refractivity (Wildman–Crippen MR) is 107 cm³/mol. The van der Waals surface area contributed by atoms with Crippen LogP contribution in [-0.4, -0.2) is 52.0 Å². The van der Waals surface area contributed by atoms with Crippen molar-refractivity contribution < 1.29 is 14.7 Å². The Hall–Kier alpha value is -2.21. The molecule has 2 aromatic carbocycles. The number of nitrogens with zero attached hydrogens (tertiary/aromatic N) is 2. The fourth-order valence-corrected chi connectivity index (χ4v) is 3.22. The highest BCUT2D eigenvalue weighted by Gasteiger charge is 2.36. The Kier molecular flexibility index (Phi) is 7.13. The maximum Gasteiger partial charge on any atom is 0.261 e. The Morgan fingerprint density at radius 1 is 0.926 bits per heavy atom. The quantitative estimate of drug-likeness (QED) is 0.741. The minimum absolute atomic E-state index is 0. The molecule has 6 heteroatoms. The molecule has 0 spiro atoms. The van der Waals surface area contributed by atoms with Crippen molar-refractivity contribution in [3.63, 3.8) is 0 Å². The van der Waals surface area contributed by atoms with Crippen molar-refractivity contribution in [2.24, 2.45) is 0 Å². The van der Waals surface area contributed by atoms with Gasteiger partial charge in [0.15, 0.2) is 0 Å². The van der Waals surface area contributed by atoms with Gasteiger partial charge in [-0.1, -0.05) is 42.5 Å². The number of carbonyl (C=O) groups is 2. The zero-order valence-corrected chi connectivity index (χ0v) is 16.4. The van der Waals surface area contributed by atoms with Gasteiger partial charge in [-0.05, 0) is 31.5 Å². The van der Waals surface area contributed by atoms with E-state index in [-0.39, 0.29) is 36.8 Å². The maximum absolute atomic E-state index is 12.4. The summed E-state index contributed by atoms with van der Waals surface area (Å²) in [6, 6.07) is 17.1. The van der Waals surface area contributed by atoms with Crippen molar-refractivity contribution in [3.8, 4) is 0 Å². The van der Waals surface area contributed by atoms with Crippen molar-refractivity contribution in [3.05, 3.63) is 71.3 Å². The van der Waals surface area contributed by atoms with E-state index in [1.165, 1.54) is 0 Å². The molecular weight excluding hydrogens is 364 g/mol. The fourth-order valence-electron chi connectivity index (χ4n) is 3.22. The lowest BCUT2D eigenvalue weighted by molar-refractivity contribution is 0.0431. The molecular formula is C21H25ClN2O3. The first-order valence-corrected chi connectivity index (χ1v) is 8.88. The molecule has 5 nitrogen and oxygen atoms in total. The lowest BCUT2D eigenvalue weighted by atomic mass is 10.1. The number of aliphatic hydroxyl groups is 1. The zero-order valence-electron chi connectivity index (χ0n) is 15.5. The van der Waals surface area contributed by atoms with Gasteiger partial charge in [0.2, 0.25) is 0 Å². The topological polar surface area (TPSA) is 60.9 Å². The van der Waals surface area contributed by atoms with Crippen LogP contribution in [0.2, 0.25) is 0 Å². The predicted octanol–water partition coefficient (Wildman–Crippen LogP) is 2.98. The largest absolute Gasteiger partial charge is 0.390 e. The van der Waals surface area contributed by atoms with Gasteiger partial charge in [0.25, 0.3) is 11.8 Å². The van der Waals surface area contributed by atoms with Crippen LogP contribution >= 0.6 is 12.4 Å². The third-order valence-corrected chi connectivity index (χ3v) is 4.68. The Morgan fingerprint density at radius 3 is 1.96 bits per heavy atom. The fraction of sp³-hybridized carbons (Fsp3) is 0.333. The minimum Gasteiger partial charge on any atom is -0.390 e. The van der Waals surface area contributed by atoms with Gasteiger partial charge in [0.1, 0.15) is 0 Å². The number of β-amino-alcohol motifs (C(OH)–C–C–N with tert-alkyl or cyclic N) is 1. The summed E-state index contributed by atoms with van der Waals surface area (Å²) < 4.78 is 0. The first-order chi connectivity index (χ1) is 12.5. The first kappa shape index (κ1) is 21.1. The van der Waals surface area contributed by atoms with Crippen LogP contribution in [0.1, 0.15) is 40.1 Å². The Morgan fingerprint density at radius 2 is 1.44 bits per heavy atom. The van der Waals surface area contributed by atoms with Crippen LogP contribution in [0.3, 0.4) is 0 Å². The van der Waals surface area contributed by atoms with Gasteiger partial charge < -0.3 is 5.11 Å². The minimum atomic E-state index is -0.802. The van der Waals surface area contributed by atoms with Crippen molar-refractivity contribution >= 4 is 24.2 Å². The molecule has 1 aliphatic rings. The molecule has 0 saturated heterocycles. The van der Waals surface area contributed by atoms with E-state index in [1.54, 1.807) is 24.3 Å². The second kappa shape index (κ2) is 9.13. The number of fused-ring (bicyclic) bond motifs is 1. The summed E-state index contributed by atoms with van der Waals surface area (Å²) in [5.74, 6) is -0.660. The number of aliphatic hydroxyl groups excluding tert-OH is 1. The monoisotopic (exact) mass is 388 g/mol. The molecule has 1 aliphatic heterocycles. The van der Waals surface area contributed by atoms with Crippen LogP contribution in [0.5, 0.6) is 0 Å². The summed E-state index contributed by atoms with van der Waals surface area (Å²) in [4.78, 5) is 28.2. The molecule has 2 amide bonds. The number of imide groups is 1. The molecule has 1 heterocycles. The summed E-state index contributed by atoms with van der Waals surface area (Å²) in [6.07, 6.45) is -0.802. The summed E-state index contributed by atoms with van der Waals surface area (Å²) in [7, 11) is 0. The van der Waals surface area contributed by atoms with Gasteiger partial charge >= 0.3 is 0 Å². The molecule has 1 N–H and O–H groups in total. The molecule has 27 heavy (non-hydrogen) atoms. The van der Waals surface area contributed by atoms with Crippen LogP contribution in [0.15, 0.2) is 54.6 Å². The highest BCUT2D eigenvalue weighted by Crippen LogP contribution is 2.22. The van der Waals surface area contributed by atoms with Crippen LogP contribution < -0.4 is 0 Å². The molecule has 1 atom stereocenters. The highest BCUT2D eigenvalue weighted by molar-refractivity contribution is 6.21. The van der Waals surface area contributed by atoms with E-state index >= 15 is 0 Å². The van der Waals surface area contributed by atoms with Crippen LogP contribution in [-0.2, 0) is 6.54 Å². The molecule has 2 aromatic rings. The normalized spacial score (nSPS) is 14.5. The smallest absolute Gasteiger partial charge is 0.261 e. The lowest BCUT2D eigenvalue weighted by Gasteiger charge is -2.30. The number of hydrogen-bond donors (Lipinski definition) is 1. The van der Waals surface area contributed by atoms with Gasteiger partial charge in [-0.2, -0.15) is 0 Å². The Balaban J connectivity index is 0.00000261. The molecule has 0 aliphatic carbocycles. The van der Waals surface area contributed by atoms with Crippen molar-refractivity contribution in [2.75, 3.05) is 13.1 Å². The van der Waals surface area contributed by atoms with Crippen LogP contribution in [0, 0.1) is 0 Å². The van der Waals surface area contributed by atoms with E-state index in [9.17, 15) is 14.7 Å². The van der Waals surface area contributed by atoms with Gasteiger partial charge in [0, 0.05) is 19.1 Å². The van der Waals surface area contributed by atoms with Gasteiger partial charge in [0.05, 0.1) is 23.8 Å². The van der Waals surface area contributed by atoms with E-state index in [2.05, 4.69) is 18.7 Å². The second-order valence-corrected chi connectivity index (χ2v) is 6.93. The number of carbonyl (C=O) groups excluding carboxylic acids is 2. The molecule has 0 aromatic heterocycles. The average Bonchev–Trinajstić information content (AvgIpc) is 2.87. The number of rotatable bonds is 7. The lowest BCUT2D eigenvalue weighted by Crippen LogP contribution is -2.44. The highest BCUT2D eigenvalue weighted by atomic mass is 35.5. The molecule has 144 valence electrons. The molecule has 0 saturated carbocycles. The summed E-state index contributed by atoms with van der Waals surface area (Å²) in [5, 5.41) is 10.5. The van der Waals surface area contributed by atoms with E-state index in [0.29, 0.717) is 24.2 Å². The second-order valence-electron chi connectivity index (χ2n) is 6.93. The van der Waals surface area contributed by atoms with Gasteiger partial charge in [-0.3, -0.25) is 19.4 Å². The molecule has 0 bridgehead atoms. The zero-order chi connectivity index (χ0) is 18.7. The Labute approximate surface area is 166 Å². The molecule has 3 rings (SSSR count). The molecule has 0 unspecified atom stereocenters. The number of benzene rings is 2. The number of amides is 2. The van der Waals surface area contributed by atoms with Crippen molar-refractivity contribution in [1.29, 1.82) is 0 Å². The molecule has 0 fully saturated rings. The van der Waals surface area contributed by atoms with Crippen molar-refractivity contribution in [1.82, 2.24) is 9.80 Å². The Bertz CT molecular complexity index is 760. The summed E-state index contributed by atoms with van der Waals surface area (Å²) in [6.45, 7) is 5.23. The first-order valence-electron chi connectivity index (χ1n) is 8.88. The van der Waals surface area contributed by atoms with Crippen LogP contribution in [0.4, 0.5) is 0 Å². The van der Waals surface area contributed by atoms with E-state index in [1.807, 2.05) is 30.3 Å². The SMILES string of the molecule is CC(C)N(Cc1ccccc1)C[C@H](O)CN1C(=O)c2ccccc2C1=O.Cl. The van der Waals surface area contributed by atoms with Gasteiger partial charge in [-0.15, -0.1) is 12.4 Å². The third kappa shape index (κ3) is 4.75. The van der Waals surface area contributed by atoms with E-state index in [4.69, 9.17) is 0 Å². The molecule has 0 radical (unpaired) electrons. The summed E-state index contributed by atoms with van der Waals surface area (Å²) in [5.41, 5.74) is 1.98. The maximum atomic E-state index is 12.4. The van der Waals surface area contributed by atoms with Crippen LogP contribution in [0.25, 0.3) is 0 Å². The summed E-state index contributed by atoms with van der Waals surface area (Å²) >= 11 is 0. The number of halogens is 1. The van der Waals surface area contributed by atoms with Crippen molar-refractivity contribution in [2.45, 2.75) is 32.5 Å². The van der Waals surface area contributed by atoms with Gasteiger partial charge in [-0.25, -0.2) is 0 Å². The van der Waals surface area contributed by atoms with E-state index < -0.39 is 6.10 Å². The number of hydrogen-bond acceptors (Lipinski definition) is 4. The third-order valence-electron chi connectivity index (χ3n) is 4.68. The average molecular weight is 389 g/mol. The standard InChI is InChI=1S/C21H24N2O3.ClH/c1-15(2)22(12-16-8-4-3-5-9-16)13-17(24)14-23-20(25)18-10-6-7-11-19(18)21(23)26;/h3-11,15,17,24H,12-14H2,1-2H3;1H/t17-;/m0./s1. The van der Waals surface area contributed by atoms with E-state index in [0.717, 1.165) is 10.5 Å².